The molecule has 6 rings (SSSR count). The highest BCUT2D eigenvalue weighted by atomic mass is 16.5. The number of nitrogens with zero attached hydrogens (tertiary/aromatic N) is 4. The second-order valence-electron chi connectivity index (χ2n) is 19.0. The van der Waals surface area contributed by atoms with Gasteiger partial charge >= 0.3 is 17.9 Å². The van der Waals surface area contributed by atoms with Gasteiger partial charge in [0.25, 0.3) is 0 Å². The molecule has 1 heterocycles. The summed E-state index contributed by atoms with van der Waals surface area (Å²) in [6.07, 6.45) is 7.30. The normalized spacial score (nSPS) is 17.1. The van der Waals surface area contributed by atoms with Crippen LogP contribution in [0.1, 0.15) is 135 Å². The molecule has 1 aliphatic heterocycles. The van der Waals surface area contributed by atoms with E-state index in [1.54, 1.807) is 19.1 Å². The molecule has 0 radical (unpaired) electrons. The summed E-state index contributed by atoms with van der Waals surface area (Å²) < 4.78 is 5.44. The summed E-state index contributed by atoms with van der Waals surface area (Å²) in [5.74, 6) is -3.97. The molecule has 0 spiro atoms. The molecule has 0 bridgehead atoms. The van der Waals surface area contributed by atoms with Crippen molar-refractivity contribution in [2.45, 2.75) is 149 Å². The number of aliphatic carboxylic acids is 2. The third kappa shape index (κ3) is 14.5. The molecule has 2 fully saturated rings. The fourth-order valence-electron chi connectivity index (χ4n) is 9.56. The zero-order valence-electron chi connectivity index (χ0n) is 41.5. The van der Waals surface area contributed by atoms with Gasteiger partial charge in [0.2, 0.25) is 11.8 Å². The number of carbonyl (C=O) groups excluding carboxylic acids is 3. The van der Waals surface area contributed by atoms with Crippen molar-refractivity contribution in [1.29, 1.82) is 0 Å². The van der Waals surface area contributed by atoms with E-state index in [-0.39, 0.29) is 62.7 Å². The van der Waals surface area contributed by atoms with Crippen LogP contribution in [0.15, 0.2) is 103 Å². The molecule has 4 aromatic carbocycles. The number of carboxylic acids is 2. The van der Waals surface area contributed by atoms with Crippen molar-refractivity contribution in [2.24, 2.45) is 11.8 Å². The highest BCUT2D eigenvalue weighted by molar-refractivity contribution is 5.84. The van der Waals surface area contributed by atoms with Gasteiger partial charge in [0.05, 0.1) is 25.0 Å². The van der Waals surface area contributed by atoms with Gasteiger partial charge in [-0.3, -0.25) is 24.2 Å². The molecular formula is C55H73N7O8. The molecule has 4 atom stereocenters. The second-order valence-corrected chi connectivity index (χ2v) is 19.0. The first-order valence-corrected chi connectivity index (χ1v) is 25.2. The first-order chi connectivity index (χ1) is 33.8. The van der Waals surface area contributed by atoms with E-state index in [1.165, 1.54) is 9.91 Å². The molecule has 15 nitrogen and oxygen atoms in total. The number of hydrazine groups is 5. The minimum absolute atomic E-state index is 0.0285. The second kappa shape index (κ2) is 26.3. The molecule has 0 aromatic heterocycles. The topological polar surface area (TPSA) is 184 Å². The number of amides is 2. The molecule has 3 unspecified atom stereocenters. The summed E-state index contributed by atoms with van der Waals surface area (Å²) in [5.41, 5.74) is 17.4. The number of nitrogens with one attached hydrogen (secondary N) is 3. The van der Waals surface area contributed by atoms with Gasteiger partial charge in [0, 0.05) is 25.4 Å². The van der Waals surface area contributed by atoms with E-state index in [2.05, 4.69) is 16.4 Å². The van der Waals surface area contributed by atoms with Gasteiger partial charge in [-0.2, -0.15) is 0 Å². The average molecular weight is 960 g/mol. The number of carboxylic acid groups (broad SMARTS) is 2. The van der Waals surface area contributed by atoms with Gasteiger partial charge in [-0.15, -0.1) is 10.7 Å². The average Bonchev–Trinajstić information content (AvgIpc) is 3.58. The maximum Gasteiger partial charge on any atom is 0.326 e. The van der Waals surface area contributed by atoms with E-state index in [1.807, 2.05) is 129 Å². The molecule has 1 saturated carbocycles. The molecule has 4 aromatic rings. The van der Waals surface area contributed by atoms with Crippen LogP contribution in [0.2, 0.25) is 0 Å². The smallest absolute Gasteiger partial charge is 0.326 e. The van der Waals surface area contributed by atoms with E-state index in [9.17, 15) is 34.2 Å². The van der Waals surface area contributed by atoms with Crippen LogP contribution >= 0.6 is 0 Å². The molecule has 2 aliphatic rings. The van der Waals surface area contributed by atoms with Crippen LogP contribution < -0.4 is 16.4 Å². The monoisotopic (exact) mass is 960 g/mol. The number of hydrogen-bond donors (Lipinski definition) is 5. The molecule has 5 N–H and O–H groups in total. The number of carbonyl (C=O) groups is 5. The van der Waals surface area contributed by atoms with Crippen LogP contribution in [0.4, 0.5) is 0 Å². The summed E-state index contributed by atoms with van der Waals surface area (Å²) in [5, 5.41) is 25.2. The molecular weight excluding hydrogens is 887 g/mol. The van der Waals surface area contributed by atoms with Crippen molar-refractivity contribution in [3.05, 3.63) is 120 Å². The molecule has 1 saturated heterocycles. The van der Waals surface area contributed by atoms with Crippen molar-refractivity contribution in [3.8, 4) is 22.3 Å². The Morgan fingerprint density at radius 1 is 0.729 bits per heavy atom. The maximum atomic E-state index is 14.5. The summed E-state index contributed by atoms with van der Waals surface area (Å²) in [6, 6.07) is 32.5. The summed E-state index contributed by atoms with van der Waals surface area (Å²) in [4.78, 5) is 67.1. The predicted octanol–water partition coefficient (Wildman–Crippen LogP) is 9.23. The first-order valence-electron chi connectivity index (χ1n) is 25.2. The van der Waals surface area contributed by atoms with Crippen molar-refractivity contribution in [3.63, 3.8) is 0 Å². The fraction of sp³-hybridized carbons (Fsp3) is 0.473. The molecule has 1 aliphatic carbocycles. The Bertz CT molecular complexity index is 2320. The van der Waals surface area contributed by atoms with Crippen LogP contribution in [-0.4, -0.2) is 84.9 Å². The van der Waals surface area contributed by atoms with Gasteiger partial charge in [-0.05, 0) is 83.9 Å². The minimum Gasteiger partial charge on any atom is -0.481 e. The Kier molecular flexibility index (Phi) is 20.1. The van der Waals surface area contributed by atoms with E-state index in [0.717, 1.165) is 83.9 Å². The number of ether oxygens (including phenoxy) is 1. The first kappa shape index (κ1) is 53.4. The Labute approximate surface area is 413 Å². The van der Waals surface area contributed by atoms with Gasteiger partial charge in [-0.1, -0.05) is 168 Å². The quantitative estimate of drug-likeness (QED) is 0.0255. The molecule has 15 heteroatoms. The van der Waals surface area contributed by atoms with E-state index in [4.69, 9.17) is 4.74 Å². The van der Waals surface area contributed by atoms with Gasteiger partial charge < -0.3 is 19.8 Å². The summed E-state index contributed by atoms with van der Waals surface area (Å²) >= 11 is 0. The standard InChI is InChI=1S/C55H73N7O8/c1-6-8-24-49(63)59(52(38(3)4)54(67)68)37-41-27-31-44(32-28-41)47-22-16-17-23-48(47)53-56-61(45-20-14-9-10-15-21-45)62(57-53)58-60(50(64)33-34-51(65)66)46(35-39(5)55(69)70-7-2)36-40-25-29-43(30-26-40)42-18-12-11-13-19-42/h11-13,16-19,22-23,25-32,38-39,45-46,52-53,56-58H,6-10,14-15,20-21,24,33-37H2,1-5H3,(H,65,66)(H,67,68)/t39-,46?,52?,53?/m1/s1. The van der Waals surface area contributed by atoms with E-state index >= 15 is 0 Å². The van der Waals surface area contributed by atoms with E-state index in [0.29, 0.717) is 12.8 Å². The van der Waals surface area contributed by atoms with Crippen LogP contribution in [0.5, 0.6) is 0 Å². The lowest BCUT2D eigenvalue weighted by atomic mass is 9.94. The number of hydrogen-bond acceptors (Lipinski definition) is 11. The summed E-state index contributed by atoms with van der Waals surface area (Å²) in [6.45, 7) is 9.58. The van der Waals surface area contributed by atoms with Crippen molar-refractivity contribution in [1.82, 2.24) is 36.6 Å². The van der Waals surface area contributed by atoms with Gasteiger partial charge in [-0.25, -0.2) is 15.6 Å². The Balaban J connectivity index is 1.33. The zero-order chi connectivity index (χ0) is 50.2. The summed E-state index contributed by atoms with van der Waals surface area (Å²) in [7, 11) is 0. The lowest BCUT2D eigenvalue weighted by Gasteiger charge is -2.40. The predicted molar refractivity (Wildman–Crippen MR) is 269 cm³/mol. The third-order valence-corrected chi connectivity index (χ3v) is 13.3. The molecule has 2 amide bonds. The zero-order valence-corrected chi connectivity index (χ0v) is 41.5. The van der Waals surface area contributed by atoms with Gasteiger partial charge in [0.15, 0.2) is 0 Å². The Hall–Kier alpha value is -5.97. The maximum absolute atomic E-state index is 14.5. The van der Waals surface area contributed by atoms with E-state index < -0.39 is 42.0 Å². The third-order valence-electron chi connectivity index (χ3n) is 13.3. The lowest BCUT2D eigenvalue weighted by molar-refractivity contribution is -0.188. The lowest BCUT2D eigenvalue weighted by Crippen LogP contribution is -2.65. The number of benzene rings is 4. The molecule has 70 heavy (non-hydrogen) atoms. The van der Waals surface area contributed by atoms with Crippen LogP contribution in [-0.2, 0) is 41.7 Å². The highest BCUT2D eigenvalue weighted by Gasteiger charge is 2.40. The fourth-order valence-corrected chi connectivity index (χ4v) is 9.56. The number of rotatable bonds is 24. The highest BCUT2D eigenvalue weighted by Crippen LogP contribution is 2.33. The Morgan fingerprint density at radius 2 is 1.36 bits per heavy atom. The largest absolute Gasteiger partial charge is 0.481 e. The van der Waals surface area contributed by atoms with Crippen LogP contribution in [0.3, 0.4) is 0 Å². The SMILES string of the molecule is CCCCC(=O)N(Cc1ccc(-c2ccccc2C2NN(NN(C(=O)CCC(=O)O)C(Cc3ccc(-c4ccccc4)cc3)C[C@@H](C)C(=O)OCC)N(C3CCCCCC3)N2)cc1)C(C(=O)O)C(C)C. The number of unbranched alkanes of at least 4 members (excludes halogenated alkanes) is 1. The van der Waals surface area contributed by atoms with Crippen molar-refractivity contribution in [2.75, 3.05) is 6.61 Å². The molecule has 376 valence electrons. The van der Waals surface area contributed by atoms with Crippen molar-refractivity contribution >= 4 is 29.7 Å². The van der Waals surface area contributed by atoms with Crippen molar-refractivity contribution < 1.29 is 38.9 Å². The number of esters is 1. The van der Waals surface area contributed by atoms with Crippen LogP contribution in [0, 0.1) is 11.8 Å². The van der Waals surface area contributed by atoms with Gasteiger partial charge in [0.1, 0.15) is 12.2 Å². The van der Waals surface area contributed by atoms with Crippen LogP contribution in [0.25, 0.3) is 22.3 Å². The Morgan fingerprint density at radius 3 is 1.99 bits per heavy atom. The minimum atomic E-state index is -1.09.